The van der Waals surface area contributed by atoms with Gasteiger partial charge in [-0.15, -0.1) is 0 Å². The number of aryl methyl sites for hydroxylation is 1. The number of hydrazine groups is 1. The molecule has 2 aromatic heterocycles. The molecule has 0 N–H and O–H groups in total. The standard InChI is InChI=1S/C47H30N4O/c1-29-28-31-18-8-9-21-33(31)40-41-34-22-10-11-23-35(34)46-42(37-25-13-15-27-39(37)52-46)45(41)51(50(44(29)40)32-19-6-3-7-20-32)47-48-38-26-14-12-24-36(38)43(49-47)30-16-4-2-5-17-30/h2-28H,1H3/i1D3. The van der Waals surface area contributed by atoms with Crippen LogP contribution in [0, 0.1) is 6.85 Å². The fraction of sp³-hybridized carbons (Fsp3) is 0.0213. The number of fused-ring (bicyclic) bond motifs is 13. The second-order valence-corrected chi connectivity index (χ2v) is 13.2. The molecule has 0 bridgehead atoms. The predicted molar refractivity (Wildman–Crippen MR) is 215 cm³/mol. The Morgan fingerprint density at radius 2 is 1.17 bits per heavy atom. The lowest BCUT2D eigenvalue weighted by molar-refractivity contribution is 0.672. The minimum atomic E-state index is -2.48. The molecule has 0 saturated carbocycles. The van der Waals surface area contributed by atoms with Crippen molar-refractivity contribution in [2.45, 2.75) is 6.85 Å². The Labute approximate surface area is 303 Å². The number of hydrogen-bond donors (Lipinski definition) is 0. The summed E-state index contributed by atoms with van der Waals surface area (Å²) in [6, 6.07) is 54.3. The number of anilines is 4. The van der Waals surface area contributed by atoms with E-state index in [2.05, 4.69) is 36.4 Å². The molecular weight excluding hydrogens is 637 g/mol. The molecule has 8 aromatic carbocycles. The van der Waals surface area contributed by atoms with Gasteiger partial charge in [0, 0.05) is 37.0 Å². The van der Waals surface area contributed by atoms with E-state index < -0.39 is 6.85 Å². The highest BCUT2D eigenvalue weighted by molar-refractivity contribution is 6.30. The van der Waals surface area contributed by atoms with Crippen molar-refractivity contribution in [2.24, 2.45) is 0 Å². The molecule has 0 atom stereocenters. The smallest absolute Gasteiger partial charge is 0.251 e. The van der Waals surface area contributed by atoms with Gasteiger partial charge in [-0.2, -0.15) is 0 Å². The third-order valence-electron chi connectivity index (χ3n) is 10.2. The molecule has 10 aromatic rings. The maximum atomic E-state index is 9.07. The average molecular weight is 670 g/mol. The first-order valence-corrected chi connectivity index (χ1v) is 17.4. The molecule has 244 valence electrons. The highest BCUT2D eigenvalue weighted by Gasteiger charge is 2.39. The third kappa shape index (κ3) is 4.05. The van der Waals surface area contributed by atoms with Crippen LogP contribution in [0.3, 0.4) is 0 Å². The summed E-state index contributed by atoms with van der Waals surface area (Å²) in [7, 11) is 0. The maximum Gasteiger partial charge on any atom is 0.251 e. The molecule has 11 rings (SSSR count). The molecule has 5 nitrogen and oxygen atoms in total. The number of para-hydroxylation sites is 3. The van der Waals surface area contributed by atoms with Crippen LogP contribution in [-0.4, -0.2) is 9.97 Å². The topological polar surface area (TPSA) is 45.4 Å². The minimum Gasteiger partial charge on any atom is -0.455 e. The second-order valence-electron chi connectivity index (χ2n) is 13.2. The monoisotopic (exact) mass is 669 g/mol. The molecule has 0 fully saturated rings. The molecule has 0 radical (unpaired) electrons. The summed E-state index contributed by atoms with van der Waals surface area (Å²) >= 11 is 0. The van der Waals surface area contributed by atoms with E-state index in [4.69, 9.17) is 18.5 Å². The number of furan rings is 1. The summed E-state index contributed by atoms with van der Waals surface area (Å²) in [5.41, 5.74) is 8.00. The van der Waals surface area contributed by atoms with Crippen LogP contribution in [0.2, 0.25) is 0 Å². The second kappa shape index (κ2) is 11.0. The average Bonchev–Trinajstić information content (AvgIpc) is 3.62. The first-order chi connectivity index (χ1) is 27.0. The van der Waals surface area contributed by atoms with Crippen molar-refractivity contribution in [2.75, 3.05) is 10.0 Å². The molecule has 0 saturated heterocycles. The van der Waals surface area contributed by atoms with Crippen LogP contribution in [0.1, 0.15) is 9.68 Å². The van der Waals surface area contributed by atoms with E-state index in [-0.39, 0.29) is 5.56 Å². The van der Waals surface area contributed by atoms with Gasteiger partial charge in [0.15, 0.2) is 0 Å². The van der Waals surface area contributed by atoms with Crippen LogP contribution in [0.15, 0.2) is 168 Å². The molecule has 0 aliphatic carbocycles. The largest absolute Gasteiger partial charge is 0.455 e. The summed E-state index contributed by atoms with van der Waals surface area (Å²) in [4.78, 5) is 10.8. The number of hydrogen-bond acceptors (Lipinski definition) is 5. The summed E-state index contributed by atoms with van der Waals surface area (Å²) < 4.78 is 34.0. The Hall–Kier alpha value is -6.98. The van der Waals surface area contributed by atoms with Gasteiger partial charge in [0.2, 0.25) is 0 Å². The summed E-state index contributed by atoms with van der Waals surface area (Å²) in [6.07, 6.45) is 0. The molecule has 0 amide bonds. The lowest BCUT2D eigenvalue weighted by Crippen LogP contribution is -2.40. The van der Waals surface area contributed by atoms with Crippen molar-refractivity contribution in [1.29, 1.82) is 0 Å². The Kier molecular flexibility index (Phi) is 5.49. The zero-order valence-electron chi connectivity index (χ0n) is 30.8. The zero-order valence-corrected chi connectivity index (χ0v) is 27.8. The predicted octanol–water partition coefficient (Wildman–Crippen LogP) is 12.7. The first-order valence-electron chi connectivity index (χ1n) is 18.9. The molecule has 0 spiro atoms. The van der Waals surface area contributed by atoms with E-state index in [0.29, 0.717) is 11.6 Å². The molecule has 1 aliphatic heterocycles. The lowest BCUT2D eigenvalue weighted by Gasteiger charge is -2.44. The highest BCUT2D eigenvalue weighted by Crippen LogP contribution is 2.59. The van der Waals surface area contributed by atoms with E-state index in [0.717, 1.165) is 88.1 Å². The van der Waals surface area contributed by atoms with Gasteiger partial charge >= 0.3 is 0 Å². The van der Waals surface area contributed by atoms with Crippen molar-refractivity contribution in [3.05, 3.63) is 169 Å². The lowest BCUT2D eigenvalue weighted by atomic mass is 9.85. The van der Waals surface area contributed by atoms with Crippen molar-refractivity contribution in [3.63, 3.8) is 0 Å². The summed E-state index contributed by atoms with van der Waals surface area (Å²) in [5, 5.41) is 10.4. The molecule has 5 heteroatoms. The van der Waals surface area contributed by atoms with Crippen LogP contribution in [0.5, 0.6) is 0 Å². The zero-order chi connectivity index (χ0) is 36.8. The maximum absolute atomic E-state index is 9.07. The number of benzene rings is 8. The summed E-state index contributed by atoms with van der Waals surface area (Å²) in [5.74, 6) is 0.389. The number of aromatic nitrogens is 2. The van der Waals surface area contributed by atoms with Crippen molar-refractivity contribution in [1.82, 2.24) is 9.97 Å². The van der Waals surface area contributed by atoms with Gasteiger partial charge in [-0.25, -0.2) is 20.0 Å². The summed E-state index contributed by atoms with van der Waals surface area (Å²) in [6.45, 7) is -2.48. The Balaban J connectivity index is 1.42. The van der Waals surface area contributed by atoms with Crippen molar-refractivity contribution >= 4 is 77.4 Å². The quantitative estimate of drug-likeness (QED) is 0.187. The van der Waals surface area contributed by atoms with Gasteiger partial charge in [-0.1, -0.05) is 133 Å². The highest BCUT2D eigenvalue weighted by atomic mass is 16.3. The van der Waals surface area contributed by atoms with Gasteiger partial charge in [0.05, 0.1) is 33.7 Å². The van der Waals surface area contributed by atoms with E-state index in [1.54, 1.807) is 0 Å². The molecule has 52 heavy (non-hydrogen) atoms. The van der Waals surface area contributed by atoms with Gasteiger partial charge < -0.3 is 4.42 Å². The van der Waals surface area contributed by atoms with Crippen LogP contribution in [-0.2, 0) is 0 Å². The fourth-order valence-electron chi connectivity index (χ4n) is 8.07. The number of nitrogens with zero attached hydrogens (tertiary/aromatic N) is 4. The van der Waals surface area contributed by atoms with Crippen LogP contribution >= 0.6 is 0 Å². The normalized spacial score (nSPS) is 13.7. The fourth-order valence-corrected chi connectivity index (χ4v) is 8.07. The molecule has 3 heterocycles. The van der Waals surface area contributed by atoms with Crippen LogP contribution in [0.4, 0.5) is 23.0 Å². The van der Waals surface area contributed by atoms with E-state index in [9.17, 15) is 0 Å². The van der Waals surface area contributed by atoms with Crippen LogP contribution < -0.4 is 10.0 Å². The molecule has 0 unspecified atom stereocenters. The minimum absolute atomic E-state index is 0.228. The first kappa shape index (κ1) is 25.9. The molecule has 1 aliphatic rings. The van der Waals surface area contributed by atoms with Gasteiger partial charge in [0.25, 0.3) is 5.95 Å². The Morgan fingerprint density at radius 3 is 1.98 bits per heavy atom. The van der Waals surface area contributed by atoms with Gasteiger partial charge in [-0.3, -0.25) is 0 Å². The molecular formula is C47H30N4O. The SMILES string of the molecule is [2H]C([2H])([2H])c1cc2ccccc2c2c1N(c1ccccc1)N(c1nc(-c3ccccc3)c3ccccc3n1)c1c-2c2ccccc2c2oc3ccccc3c12. The van der Waals surface area contributed by atoms with Crippen molar-refractivity contribution in [3.8, 4) is 22.4 Å². The van der Waals surface area contributed by atoms with Gasteiger partial charge in [-0.05, 0) is 58.9 Å². The van der Waals surface area contributed by atoms with Gasteiger partial charge in [0.1, 0.15) is 11.2 Å². The van der Waals surface area contributed by atoms with Crippen LogP contribution in [0.25, 0.3) is 76.8 Å². The third-order valence-corrected chi connectivity index (χ3v) is 10.2. The van der Waals surface area contributed by atoms with E-state index in [1.165, 1.54) is 0 Å². The van der Waals surface area contributed by atoms with E-state index in [1.807, 2.05) is 137 Å². The Morgan fingerprint density at radius 1 is 0.538 bits per heavy atom. The Bertz CT molecular complexity index is 3160. The van der Waals surface area contributed by atoms with Crippen molar-refractivity contribution < 1.29 is 8.53 Å². The number of rotatable bonds is 3. The van der Waals surface area contributed by atoms with E-state index >= 15 is 0 Å².